The number of carbonyl (C=O) groups excluding carboxylic acids is 1. The summed E-state index contributed by atoms with van der Waals surface area (Å²) in [4.78, 5) is 12.9. The fourth-order valence-corrected chi connectivity index (χ4v) is 2.85. The number of rotatable bonds is 5. The van der Waals surface area contributed by atoms with Gasteiger partial charge in [-0.25, -0.2) is 4.39 Å². The first kappa shape index (κ1) is 15.4. The predicted molar refractivity (Wildman–Crippen MR) is 79.6 cm³/mol. The second-order valence-corrected chi connectivity index (χ2v) is 6.00. The van der Waals surface area contributed by atoms with Gasteiger partial charge < -0.3 is 11.1 Å². The number of carbonyl (C=O) groups is 1. The number of piperidine rings is 1. The van der Waals surface area contributed by atoms with Crippen molar-refractivity contribution in [3.8, 4) is 0 Å². The molecular weight excluding hydrogens is 325 g/mol. The Morgan fingerprint density at radius 3 is 2.75 bits per heavy atom. The Labute approximate surface area is 126 Å². The maximum Gasteiger partial charge on any atom is 0.231 e. The minimum Gasteiger partial charge on any atom is -0.369 e. The van der Waals surface area contributed by atoms with Crippen molar-refractivity contribution in [3.05, 3.63) is 34.1 Å². The molecule has 1 aliphatic rings. The fraction of sp³-hybridized carbons (Fsp3) is 0.500. The lowest BCUT2D eigenvalue weighted by Gasteiger charge is -2.31. The molecule has 0 atom stereocenters. The monoisotopic (exact) mass is 343 g/mol. The molecule has 1 amide bonds. The highest BCUT2D eigenvalue weighted by atomic mass is 79.9. The van der Waals surface area contributed by atoms with E-state index in [0.717, 1.165) is 38.0 Å². The third-order valence-corrected chi connectivity index (χ3v) is 4.15. The third-order valence-electron chi connectivity index (χ3n) is 3.55. The van der Waals surface area contributed by atoms with Crippen LogP contribution in [0.1, 0.15) is 18.4 Å². The zero-order chi connectivity index (χ0) is 14.5. The van der Waals surface area contributed by atoms with Crippen LogP contribution in [0.2, 0.25) is 0 Å². The molecule has 3 N–H and O–H groups in total. The number of benzene rings is 1. The summed E-state index contributed by atoms with van der Waals surface area (Å²) in [5.41, 5.74) is 6.24. The molecule has 1 aromatic carbocycles. The summed E-state index contributed by atoms with van der Waals surface area (Å²) in [7, 11) is 0. The summed E-state index contributed by atoms with van der Waals surface area (Å²) in [6.07, 6.45) is 1.99. The highest BCUT2D eigenvalue weighted by Crippen LogP contribution is 2.17. The van der Waals surface area contributed by atoms with E-state index in [1.54, 1.807) is 12.1 Å². The number of nitrogens with zero attached hydrogens (tertiary/aromatic N) is 1. The van der Waals surface area contributed by atoms with Crippen molar-refractivity contribution in [1.29, 1.82) is 0 Å². The minimum absolute atomic E-state index is 0.242. The number of amides is 1. The van der Waals surface area contributed by atoms with Crippen molar-refractivity contribution in [1.82, 2.24) is 10.2 Å². The van der Waals surface area contributed by atoms with Crippen LogP contribution >= 0.6 is 15.9 Å². The Hall–Kier alpha value is -0.980. The first-order chi connectivity index (χ1) is 9.54. The first-order valence-corrected chi connectivity index (χ1v) is 7.52. The summed E-state index contributed by atoms with van der Waals surface area (Å²) >= 11 is 3.19. The minimum atomic E-state index is -0.271. The van der Waals surface area contributed by atoms with Crippen LogP contribution in [0.5, 0.6) is 0 Å². The summed E-state index contributed by atoms with van der Waals surface area (Å²) in [5, 5.41) is 3.47. The van der Waals surface area contributed by atoms with Gasteiger partial charge >= 0.3 is 0 Å². The van der Waals surface area contributed by atoms with Crippen LogP contribution in [0.3, 0.4) is 0 Å². The molecule has 1 aromatic rings. The topological polar surface area (TPSA) is 58.4 Å². The smallest absolute Gasteiger partial charge is 0.231 e. The van der Waals surface area contributed by atoms with Gasteiger partial charge in [0.1, 0.15) is 5.82 Å². The first-order valence-electron chi connectivity index (χ1n) is 6.72. The molecule has 0 aromatic heterocycles. The van der Waals surface area contributed by atoms with Gasteiger partial charge in [-0.2, -0.15) is 0 Å². The molecule has 4 nitrogen and oxygen atoms in total. The Balaban J connectivity index is 1.75. The largest absolute Gasteiger partial charge is 0.369 e. The summed E-state index contributed by atoms with van der Waals surface area (Å²) in [6.45, 7) is 2.83. The van der Waals surface area contributed by atoms with Gasteiger partial charge in [0.05, 0.1) is 11.0 Å². The van der Waals surface area contributed by atoms with Gasteiger partial charge in [0.25, 0.3) is 0 Å². The van der Waals surface area contributed by atoms with Crippen molar-refractivity contribution in [2.45, 2.75) is 25.4 Å². The lowest BCUT2D eigenvalue weighted by Crippen LogP contribution is -2.45. The van der Waals surface area contributed by atoms with Gasteiger partial charge in [0, 0.05) is 25.7 Å². The van der Waals surface area contributed by atoms with Crippen LogP contribution in [0, 0.1) is 5.82 Å². The quantitative estimate of drug-likeness (QED) is 0.854. The molecule has 0 aliphatic carbocycles. The molecule has 1 aliphatic heterocycles. The van der Waals surface area contributed by atoms with Crippen LogP contribution in [0.15, 0.2) is 22.7 Å². The zero-order valence-corrected chi connectivity index (χ0v) is 12.8. The van der Waals surface area contributed by atoms with E-state index in [-0.39, 0.29) is 11.7 Å². The Morgan fingerprint density at radius 2 is 2.15 bits per heavy atom. The summed E-state index contributed by atoms with van der Waals surface area (Å²) < 4.78 is 13.6. The van der Waals surface area contributed by atoms with Gasteiger partial charge in [0.15, 0.2) is 0 Å². The number of hydrogen-bond donors (Lipinski definition) is 2. The molecule has 2 rings (SSSR count). The molecule has 0 spiro atoms. The fourth-order valence-electron chi connectivity index (χ4n) is 2.43. The van der Waals surface area contributed by atoms with E-state index in [1.807, 2.05) is 0 Å². The number of hydrogen-bond acceptors (Lipinski definition) is 3. The number of nitrogens with one attached hydrogen (secondary N) is 1. The van der Waals surface area contributed by atoms with Crippen LogP contribution in [-0.4, -0.2) is 36.5 Å². The lowest BCUT2D eigenvalue weighted by molar-refractivity contribution is -0.119. The standard InChI is InChI=1S/C14H19BrFN3O/c15-12-7-10(1-2-13(12)16)8-18-11-3-5-19(6-4-11)9-14(17)20/h1-2,7,11,18H,3-6,8-9H2,(H2,17,20). The molecule has 0 bridgehead atoms. The van der Waals surface area contributed by atoms with Gasteiger partial charge in [-0.15, -0.1) is 0 Å². The molecule has 1 heterocycles. The molecule has 1 fully saturated rings. The number of likely N-dealkylation sites (tertiary alicyclic amines) is 1. The Bertz CT molecular complexity index is 475. The highest BCUT2D eigenvalue weighted by Gasteiger charge is 2.19. The van der Waals surface area contributed by atoms with Gasteiger partial charge in [-0.05, 0) is 46.5 Å². The van der Waals surface area contributed by atoms with E-state index in [2.05, 4.69) is 26.1 Å². The number of nitrogens with two attached hydrogens (primary N) is 1. The molecule has 6 heteroatoms. The average molecular weight is 344 g/mol. The van der Waals surface area contributed by atoms with Crippen molar-refractivity contribution in [2.75, 3.05) is 19.6 Å². The normalized spacial score (nSPS) is 17.3. The van der Waals surface area contributed by atoms with E-state index in [0.29, 0.717) is 17.1 Å². The van der Waals surface area contributed by atoms with E-state index in [1.165, 1.54) is 6.07 Å². The van der Waals surface area contributed by atoms with Crippen LogP contribution in [0.4, 0.5) is 4.39 Å². The third kappa shape index (κ3) is 4.54. The Kier molecular flexibility index (Phi) is 5.51. The second-order valence-electron chi connectivity index (χ2n) is 5.15. The predicted octanol–water partition coefficient (Wildman–Crippen LogP) is 1.63. The second kappa shape index (κ2) is 7.15. The zero-order valence-electron chi connectivity index (χ0n) is 11.2. The number of halogens is 2. The van der Waals surface area contributed by atoms with E-state index >= 15 is 0 Å². The highest BCUT2D eigenvalue weighted by molar-refractivity contribution is 9.10. The van der Waals surface area contributed by atoms with Crippen LogP contribution in [-0.2, 0) is 11.3 Å². The van der Waals surface area contributed by atoms with E-state index < -0.39 is 0 Å². The van der Waals surface area contributed by atoms with Gasteiger partial charge in [-0.1, -0.05) is 6.07 Å². The van der Waals surface area contributed by atoms with Gasteiger partial charge in [0.2, 0.25) is 5.91 Å². The SMILES string of the molecule is NC(=O)CN1CCC(NCc2ccc(F)c(Br)c2)CC1. The van der Waals surface area contributed by atoms with Gasteiger partial charge in [-0.3, -0.25) is 9.69 Å². The molecule has 20 heavy (non-hydrogen) atoms. The maximum atomic E-state index is 13.1. The molecule has 0 radical (unpaired) electrons. The molecule has 110 valence electrons. The lowest BCUT2D eigenvalue weighted by atomic mass is 10.0. The summed E-state index contributed by atoms with van der Waals surface area (Å²) in [5.74, 6) is -0.513. The van der Waals surface area contributed by atoms with Crippen molar-refractivity contribution in [3.63, 3.8) is 0 Å². The Morgan fingerprint density at radius 1 is 1.45 bits per heavy atom. The van der Waals surface area contributed by atoms with Crippen molar-refractivity contribution >= 4 is 21.8 Å². The van der Waals surface area contributed by atoms with Crippen LogP contribution in [0.25, 0.3) is 0 Å². The molecule has 0 saturated carbocycles. The maximum absolute atomic E-state index is 13.1. The van der Waals surface area contributed by atoms with E-state index in [4.69, 9.17) is 5.73 Å². The van der Waals surface area contributed by atoms with E-state index in [9.17, 15) is 9.18 Å². The molecular formula is C14H19BrFN3O. The van der Waals surface area contributed by atoms with Crippen molar-refractivity contribution in [2.24, 2.45) is 5.73 Å². The van der Waals surface area contributed by atoms with Crippen molar-refractivity contribution < 1.29 is 9.18 Å². The average Bonchev–Trinajstić information content (AvgIpc) is 2.41. The molecule has 1 saturated heterocycles. The number of primary amides is 1. The summed E-state index contributed by atoms with van der Waals surface area (Å²) in [6, 6.07) is 5.49. The molecule has 0 unspecified atom stereocenters. The van der Waals surface area contributed by atoms with Crippen LogP contribution < -0.4 is 11.1 Å².